The lowest BCUT2D eigenvalue weighted by Gasteiger charge is -2.13. The van der Waals surface area contributed by atoms with Gasteiger partial charge in [-0.3, -0.25) is 14.3 Å². The summed E-state index contributed by atoms with van der Waals surface area (Å²) in [7, 11) is -3.92. The summed E-state index contributed by atoms with van der Waals surface area (Å²) in [6.07, 6.45) is 3.96. The summed E-state index contributed by atoms with van der Waals surface area (Å²) < 4.78 is 27.3. The summed E-state index contributed by atoms with van der Waals surface area (Å²) in [6, 6.07) is -0.777. The highest BCUT2D eigenvalue weighted by molar-refractivity contribution is 7.89. The first-order valence-electron chi connectivity index (χ1n) is 6.35. The maximum absolute atomic E-state index is 12.1. The number of nitrogens with zero attached hydrogens (tertiary/aromatic N) is 2. The standard InChI is InChI=1S/C11H16N4O5S/c1-7(11(18)13-8-2-3-8)14-21(19,20)9-4-12-15(5-9)6-10(16)17/h4-5,7-8,14H,2-3,6H2,1H3,(H,13,18)(H,16,17). The number of carboxylic acids is 1. The number of aliphatic carboxylic acids is 1. The van der Waals surface area contributed by atoms with Crippen LogP contribution in [-0.2, 0) is 26.2 Å². The second kappa shape index (κ2) is 5.82. The van der Waals surface area contributed by atoms with Gasteiger partial charge >= 0.3 is 5.97 Å². The van der Waals surface area contributed by atoms with E-state index in [-0.39, 0.29) is 16.8 Å². The van der Waals surface area contributed by atoms with Gasteiger partial charge in [0, 0.05) is 12.2 Å². The van der Waals surface area contributed by atoms with Crippen LogP contribution >= 0.6 is 0 Å². The van der Waals surface area contributed by atoms with Crippen molar-refractivity contribution < 1.29 is 23.1 Å². The minimum Gasteiger partial charge on any atom is -0.480 e. The fraction of sp³-hybridized carbons (Fsp3) is 0.545. The molecule has 0 aromatic carbocycles. The number of sulfonamides is 1. The van der Waals surface area contributed by atoms with Crippen molar-refractivity contribution in [2.75, 3.05) is 0 Å². The van der Waals surface area contributed by atoms with Crippen molar-refractivity contribution in [1.29, 1.82) is 0 Å². The second-order valence-electron chi connectivity index (χ2n) is 4.89. The molecule has 1 heterocycles. The van der Waals surface area contributed by atoms with E-state index in [4.69, 9.17) is 5.11 Å². The van der Waals surface area contributed by atoms with E-state index in [0.717, 1.165) is 29.9 Å². The molecule has 2 rings (SSSR count). The largest absolute Gasteiger partial charge is 0.480 e. The predicted octanol–water partition coefficient (Wildman–Crippen LogP) is -1.09. The van der Waals surface area contributed by atoms with Crippen LogP contribution in [0, 0.1) is 0 Å². The molecular weight excluding hydrogens is 300 g/mol. The van der Waals surface area contributed by atoms with Crippen LogP contribution in [0.2, 0.25) is 0 Å². The molecule has 0 spiro atoms. The number of aromatic nitrogens is 2. The molecule has 21 heavy (non-hydrogen) atoms. The van der Waals surface area contributed by atoms with Gasteiger partial charge in [-0.1, -0.05) is 0 Å². The SMILES string of the molecule is CC(NS(=O)(=O)c1cnn(CC(=O)O)c1)C(=O)NC1CC1. The number of carboxylic acid groups (broad SMARTS) is 1. The zero-order valence-corrected chi connectivity index (χ0v) is 12.1. The Kier molecular flexibility index (Phi) is 4.28. The lowest BCUT2D eigenvalue weighted by molar-refractivity contribution is -0.137. The molecule has 3 N–H and O–H groups in total. The number of hydrogen-bond acceptors (Lipinski definition) is 5. The molecular formula is C11H16N4O5S. The van der Waals surface area contributed by atoms with Crippen LogP contribution in [0.25, 0.3) is 0 Å². The van der Waals surface area contributed by atoms with Crippen molar-refractivity contribution in [3.63, 3.8) is 0 Å². The average molecular weight is 316 g/mol. The van der Waals surface area contributed by atoms with Crippen molar-refractivity contribution in [3.8, 4) is 0 Å². The van der Waals surface area contributed by atoms with E-state index in [1.54, 1.807) is 0 Å². The van der Waals surface area contributed by atoms with Crippen molar-refractivity contribution >= 4 is 21.9 Å². The van der Waals surface area contributed by atoms with E-state index in [2.05, 4.69) is 15.1 Å². The van der Waals surface area contributed by atoms with E-state index in [1.807, 2.05) is 0 Å². The molecule has 1 aromatic rings. The highest BCUT2D eigenvalue weighted by Gasteiger charge is 2.28. The van der Waals surface area contributed by atoms with Gasteiger partial charge in [-0.25, -0.2) is 8.42 Å². The molecule has 10 heteroatoms. The first kappa shape index (κ1) is 15.4. The predicted molar refractivity (Wildman–Crippen MR) is 70.8 cm³/mol. The quantitative estimate of drug-likeness (QED) is 0.586. The number of hydrogen-bond donors (Lipinski definition) is 3. The normalized spacial score (nSPS) is 16.4. The number of amides is 1. The van der Waals surface area contributed by atoms with Gasteiger partial charge < -0.3 is 10.4 Å². The molecule has 1 saturated carbocycles. The van der Waals surface area contributed by atoms with E-state index >= 15 is 0 Å². The maximum Gasteiger partial charge on any atom is 0.325 e. The van der Waals surface area contributed by atoms with Gasteiger partial charge in [0.05, 0.1) is 12.2 Å². The Balaban J connectivity index is 2.01. The fourth-order valence-corrected chi connectivity index (χ4v) is 2.77. The van der Waals surface area contributed by atoms with E-state index in [1.165, 1.54) is 6.92 Å². The summed E-state index contributed by atoms with van der Waals surface area (Å²) in [5.74, 6) is -1.52. The van der Waals surface area contributed by atoms with Crippen LogP contribution in [-0.4, -0.2) is 47.3 Å². The summed E-state index contributed by atoms with van der Waals surface area (Å²) in [6.45, 7) is 1.00. The monoisotopic (exact) mass is 316 g/mol. The molecule has 0 bridgehead atoms. The first-order chi connectivity index (χ1) is 9.78. The third-order valence-corrected chi connectivity index (χ3v) is 4.36. The Hall–Kier alpha value is -1.94. The van der Waals surface area contributed by atoms with Crippen molar-refractivity contribution in [3.05, 3.63) is 12.4 Å². The minimum atomic E-state index is -3.92. The Morgan fingerprint density at radius 3 is 2.76 bits per heavy atom. The Morgan fingerprint density at radius 1 is 1.52 bits per heavy atom. The van der Waals surface area contributed by atoms with Crippen LogP contribution in [0.5, 0.6) is 0 Å². The molecule has 1 aliphatic carbocycles. The summed E-state index contributed by atoms with van der Waals surface area (Å²) in [4.78, 5) is 22.1. The number of carbonyl (C=O) groups is 2. The van der Waals surface area contributed by atoms with Gasteiger partial charge in [0.25, 0.3) is 0 Å². The molecule has 1 unspecified atom stereocenters. The van der Waals surface area contributed by atoms with Crippen LogP contribution in [0.15, 0.2) is 17.3 Å². The van der Waals surface area contributed by atoms with Crippen molar-refractivity contribution in [1.82, 2.24) is 19.8 Å². The number of nitrogens with one attached hydrogen (secondary N) is 2. The fourth-order valence-electron chi connectivity index (χ4n) is 1.62. The lowest BCUT2D eigenvalue weighted by atomic mass is 10.3. The van der Waals surface area contributed by atoms with Gasteiger partial charge in [-0.15, -0.1) is 0 Å². The third kappa shape index (κ3) is 4.26. The molecule has 1 aromatic heterocycles. The van der Waals surface area contributed by atoms with Gasteiger partial charge in [0.2, 0.25) is 15.9 Å². The zero-order chi connectivity index (χ0) is 15.6. The minimum absolute atomic E-state index is 0.141. The third-order valence-electron chi connectivity index (χ3n) is 2.87. The van der Waals surface area contributed by atoms with Gasteiger partial charge in [-0.05, 0) is 19.8 Å². The molecule has 0 radical (unpaired) electrons. The highest BCUT2D eigenvalue weighted by atomic mass is 32.2. The Bertz CT molecular complexity index is 649. The van der Waals surface area contributed by atoms with Gasteiger partial charge in [0.1, 0.15) is 11.4 Å². The van der Waals surface area contributed by atoms with Crippen molar-refractivity contribution in [2.24, 2.45) is 0 Å². The Labute approximate surface area is 121 Å². The van der Waals surface area contributed by atoms with Crippen LogP contribution < -0.4 is 10.0 Å². The summed E-state index contributed by atoms with van der Waals surface area (Å²) >= 11 is 0. The Morgan fingerprint density at radius 2 is 2.19 bits per heavy atom. The topological polar surface area (TPSA) is 130 Å². The molecule has 0 aliphatic heterocycles. The van der Waals surface area contributed by atoms with Crippen molar-refractivity contribution in [2.45, 2.75) is 43.3 Å². The maximum atomic E-state index is 12.1. The first-order valence-corrected chi connectivity index (χ1v) is 7.83. The molecule has 1 amide bonds. The number of carbonyl (C=O) groups excluding carboxylic acids is 1. The second-order valence-corrected chi connectivity index (χ2v) is 6.61. The van der Waals surface area contributed by atoms with E-state index in [9.17, 15) is 18.0 Å². The van der Waals surface area contributed by atoms with Gasteiger partial charge in [0.15, 0.2) is 0 Å². The zero-order valence-electron chi connectivity index (χ0n) is 11.3. The van der Waals surface area contributed by atoms with E-state index in [0.29, 0.717) is 0 Å². The average Bonchev–Trinajstić information content (AvgIpc) is 3.04. The smallest absolute Gasteiger partial charge is 0.325 e. The van der Waals surface area contributed by atoms with Crippen LogP contribution in [0.1, 0.15) is 19.8 Å². The molecule has 1 fully saturated rings. The number of rotatable bonds is 7. The van der Waals surface area contributed by atoms with Crippen LogP contribution in [0.4, 0.5) is 0 Å². The lowest BCUT2D eigenvalue weighted by Crippen LogP contribution is -2.45. The molecule has 9 nitrogen and oxygen atoms in total. The molecule has 0 saturated heterocycles. The summed E-state index contributed by atoms with van der Waals surface area (Å²) in [5.41, 5.74) is 0. The molecule has 1 atom stereocenters. The van der Waals surface area contributed by atoms with Gasteiger partial charge in [-0.2, -0.15) is 9.82 Å². The highest BCUT2D eigenvalue weighted by Crippen LogP contribution is 2.18. The molecule has 116 valence electrons. The summed E-state index contributed by atoms with van der Waals surface area (Å²) in [5, 5.41) is 15.0. The van der Waals surface area contributed by atoms with Crippen LogP contribution in [0.3, 0.4) is 0 Å². The molecule has 1 aliphatic rings. The van der Waals surface area contributed by atoms with E-state index < -0.39 is 28.6 Å².